The van der Waals surface area contributed by atoms with Crippen LogP contribution < -0.4 is 15.0 Å². The number of nitrogens with one attached hydrogen (secondary N) is 1. The number of nitriles is 1. The van der Waals surface area contributed by atoms with Gasteiger partial charge in [0.25, 0.3) is 5.91 Å². The third kappa shape index (κ3) is 4.46. The van der Waals surface area contributed by atoms with E-state index in [1.807, 2.05) is 0 Å². The van der Waals surface area contributed by atoms with E-state index in [1.54, 1.807) is 17.0 Å². The van der Waals surface area contributed by atoms with Crippen LogP contribution in [0.3, 0.4) is 0 Å². The number of anilines is 2. The van der Waals surface area contributed by atoms with Crippen LogP contribution in [-0.4, -0.2) is 50.5 Å². The van der Waals surface area contributed by atoms with E-state index in [9.17, 15) is 14.4 Å². The van der Waals surface area contributed by atoms with Crippen LogP contribution in [0.15, 0.2) is 36.4 Å². The summed E-state index contributed by atoms with van der Waals surface area (Å²) in [6.07, 6.45) is 0.384. The second-order valence-electron chi connectivity index (χ2n) is 8.14. The maximum atomic E-state index is 13.3. The highest BCUT2D eigenvalue weighted by Gasteiger charge is 2.39. The molecule has 6 nitrogen and oxygen atoms in total. The molecule has 1 unspecified atom stereocenters. The van der Waals surface area contributed by atoms with Gasteiger partial charge in [-0.3, -0.25) is 4.79 Å². The summed E-state index contributed by atoms with van der Waals surface area (Å²) in [7, 11) is 0. The molecule has 0 spiro atoms. The summed E-state index contributed by atoms with van der Waals surface area (Å²) in [5.41, 5.74) is 0.312. The minimum absolute atomic E-state index is 0.0955. The Labute approximate surface area is 200 Å². The summed E-state index contributed by atoms with van der Waals surface area (Å²) in [6, 6.07) is 11.0. The predicted octanol–water partition coefficient (Wildman–Crippen LogP) is 4.09. The average molecular weight is 463 g/mol. The Morgan fingerprint density at radius 2 is 2.09 bits per heavy atom. The van der Waals surface area contributed by atoms with Crippen LogP contribution in [0.1, 0.15) is 26.6 Å². The number of likely N-dealkylation sites (tertiary alicyclic amines) is 1. The standard InChI is InChI=1S/C24H26ClFN4O2/c1-29(2)20-12-21-19(11-18(20)25)28-14-22(32-21)23(31)30-9-7-24(15-27,8-10-30)13-16-3-5-17(26)6-4-16/h3-6,11-12,22,28H,7-10,13-14H2,1-2H3/i1D3,2D3. The van der Waals surface area contributed by atoms with E-state index < -0.39 is 25.5 Å². The van der Waals surface area contributed by atoms with Gasteiger partial charge in [-0.05, 0) is 43.0 Å². The zero-order valence-electron chi connectivity index (χ0n) is 23.2. The second-order valence-corrected chi connectivity index (χ2v) is 8.55. The number of carbonyl (C=O) groups is 1. The normalized spacial score (nSPS) is 22.8. The van der Waals surface area contributed by atoms with Gasteiger partial charge in [-0.2, -0.15) is 5.26 Å². The monoisotopic (exact) mass is 462 g/mol. The SMILES string of the molecule is [2H]C([2H])([2H])N(c1cc2c(cc1Cl)NCC(C(=O)N1CCC(C#N)(Cc3ccc(F)cc3)CC1)O2)C([2H])([2H])[2H]. The zero-order chi connectivity index (χ0) is 27.9. The first-order valence-corrected chi connectivity index (χ1v) is 10.6. The molecule has 168 valence electrons. The average Bonchev–Trinajstić information content (AvgIpc) is 2.84. The number of piperidine rings is 1. The van der Waals surface area contributed by atoms with Crippen molar-refractivity contribution in [3.8, 4) is 11.8 Å². The van der Waals surface area contributed by atoms with Crippen molar-refractivity contribution in [2.45, 2.75) is 25.4 Å². The summed E-state index contributed by atoms with van der Waals surface area (Å²) in [5.74, 6) is -0.551. The number of halogens is 2. The first-order valence-electron chi connectivity index (χ1n) is 13.2. The predicted molar refractivity (Wildman–Crippen MR) is 123 cm³/mol. The summed E-state index contributed by atoms with van der Waals surface area (Å²) in [5, 5.41) is 12.8. The molecule has 8 heteroatoms. The highest BCUT2D eigenvalue weighted by atomic mass is 35.5. The van der Waals surface area contributed by atoms with Gasteiger partial charge in [0, 0.05) is 41.3 Å². The highest BCUT2D eigenvalue weighted by molar-refractivity contribution is 6.33. The van der Waals surface area contributed by atoms with Gasteiger partial charge in [0.1, 0.15) is 11.6 Å². The van der Waals surface area contributed by atoms with Crippen molar-refractivity contribution in [2.75, 3.05) is 43.8 Å². The highest BCUT2D eigenvalue weighted by Crippen LogP contribution is 2.39. The molecule has 1 atom stereocenters. The number of carbonyl (C=O) groups excluding carboxylic acids is 1. The van der Waals surface area contributed by atoms with Crippen molar-refractivity contribution in [1.29, 1.82) is 5.26 Å². The lowest BCUT2D eigenvalue weighted by molar-refractivity contribution is -0.140. The minimum Gasteiger partial charge on any atom is -0.476 e. The zero-order valence-corrected chi connectivity index (χ0v) is 18.0. The van der Waals surface area contributed by atoms with Crippen LogP contribution >= 0.6 is 11.6 Å². The smallest absolute Gasteiger partial charge is 0.265 e. The maximum absolute atomic E-state index is 13.3. The molecule has 1 fully saturated rings. The van der Waals surface area contributed by atoms with Crippen LogP contribution in [0.2, 0.25) is 5.02 Å². The van der Waals surface area contributed by atoms with Crippen molar-refractivity contribution in [3.05, 3.63) is 52.8 Å². The van der Waals surface area contributed by atoms with Crippen molar-refractivity contribution in [1.82, 2.24) is 4.90 Å². The molecule has 2 aliphatic rings. The number of hydrogen-bond acceptors (Lipinski definition) is 5. The Balaban J connectivity index is 1.47. The number of rotatable bonds is 4. The number of hydrogen-bond donors (Lipinski definition) is 1. The molecule has 4 rings (SSSR count). The molecule has 2 aliphatic heterocycles. The van der Waals surface area contributed by atoms with Crippen LogP contribution in [0.5, 0.6) is 5.75 Å². The van der Waals surface area contributed by atoms with E-state index in [2.05, 4.69) is 11.4 Å². The lowest BCUT2D eigenvalue weighted by Crippen LogP contribution is -2.51. The number of amides is 1. The summed E-state index contributed by atoms with van der Waals surface area (Å²) < 4.78 is 65.2. The van der Waals surface area contributed by atoms with Gasteiger partial charge in [-0.15, -0.1) is 0 Å². The van der Waals surface area contributed by atoms with Gasteiger partial charge in [0.15, 0.2) is 6.10 Å². The van der Waals surface area contributed by atoms with Crippen LogP contribution in [0.4, 0.5) is 15.8 Å². The van der Waals surface area contributed by atoms with Gasteiger partial charge in [0.2, 0.25) is 0 Å². The molecule has 32 heavy (non-hydrogen) atoms. The molecule has 1 saturated heterocycles. The van der Waals surface area contributed by atoms with Gasteiger partial charge in [-0.25, -0.2) is 4.39 Å². The van der Waals surface area contributed by atoms with Crippen LogP contribution in [0, 0.1) is 22.6 Å². The van der Waals surface area contributed by atoms with E-state index in [0.717, 1.165) is 5.56 Å². The molecule has 0 aromatic heterocycles. The van der Waals surface area contributed by atoms with Crippen LogP contribution in [-0.2, 0) is 11.2 Å². The van der Waals surface area contributed by atoms with Crippen LogP contribution in [0.25, 0.3) is 0 Å². The largest absolute Gasteiger partial charge is 0.476 e. The molecule has 0 saturated carbocycles. The van der Waals surface area contributed by atoms with Gasteiger partial charge in [0.05, 0.1) is 34.4 Å². The van der Waals surface area contributed by atoms with Gasteiger partial charge >= 0.3 is 0 Å². The molecule has 0 aliphatic carbocycles. The van der Waals surface area contributed by atoms with Crippen molar-refractivity contribution < 1.29 is 22.1 Å². The van der Waals surface area contributed by atoms with E-state index in [1.165, 1.54) is 24.3 Å². The molecular weight excluding hydrogens is 431 g/mol. The molecule has 1 amide bonds. The molecule has 2 aromatic carbocycles. The number of benzene rings is 2. The molecule has 2 aromatic rings. The molecule has 1 N–H and O–H groups in total. The number of fused-ring (bicyclic) bond motifs is 1. The van der Waals surface area contributed by atoms with E-state index in [0.29, 0.717) is 38.0 Å². The topological polar surface area (TPSA) is 68.6 Å². The molecule has 2 heterocycles. The Morgan fingerprint density at radius 1 is 1.38 bits per heavy atom. The Kier molecular flexibility index (Phi) is 4.37. The fraction of sp³-hybridized carbons (Fsp3) is 0.417. The van der Waals surface area contributed by atoms with Crippen molar-refractivity contribution in [3.63, 3.8) is 0 Å². The third-order valence-corrected chi connectivity index (χ3v) is 6.34. The summed E-state index contributed by atoms with van der Waals surface area (Å²) >= 11 is 6.24. The molecule has 0 radical (unpaired) electrons. The number of ether oxygens (including phenoxy) is 1. The quantitative estimate of drug-likeness (QED) is 0.741. The minimum atomic E-state index is -3.00. The molecular formula is C24H26ClFN4O2. The van der Waals surface area contributed by atoms with Gasteiger partial charge < -0.3 is 19.9 Å². The Hall–Kier alpha value is -2.98. The van der Waals surface area contributed by atoms with Crippen molar-refractivity contribution >= 4 is 28.9 Å². The maximum Gasteiger partial charge on any atom is 0.265 e. The van der Waals surface area contributed by atoms with E-state index in [-0.39, 0.29) is 39.6 Å². The van der Waals surface area contributed by atoms with E-state index >= 15 is 0 Å². The second kappa shape index (κ2) is 8.87. The van der Waals surface area contributed by atoms with E-state index in [4.69, 9.17) is 24.6 Å². The summed E-state index contributed by atoms with van der Waals surface area (Å²) in [4.78, 5) is 15.2. The summed E-state index contributed by atoms with van der Waals surface area (Å²) in [6.45, 7) is -5.22. The van der Waals surface area contributed by atoms with Gasteiger partial charge in [-0.1, -0.05) is 23.7 Å². The molecule has 0 bridgehead atoms. The fourth-order valence-electron chi connectivity index (χ4n) is 4.16. The first kappa shape index (κ1) is 15.8. The Morgan fingerprint density at radius 3 is 2.75 bits per heavy atom. The fourth-order valence-corrected chi connectivity index (χ4v) is 4.41. The lowest BCUT2D eigenvalue weighted by atomic mass is 9.75. The lowest BCUT2D eigenvalue weighted by Gasteiger charge is -2.39. The third-order valence-electron chi connectivity index (χ3n) is 6.04. The van der Waals surface area contributed by atoms with Crippen molar-refractivity contribution in [2.24, 2.45) is 5.41 Å². The Bertz CT molecular complexity index is 1230. The first-order chi connectivity index (χ1) is 17.7. The number of nitrogens with zero attached hydrogens (tertiary/aromatic N) is 3.